The van der Waals surface area contributed by atoms with E-state index in [0.29, 0.717) is 36.2 Å². The average molecular weight is 523 g/mol. The molecular formula is C29H44N7O2+. The Morgan fingerprint density at radius 1 is 1.11 bits per heavy atom. The van der Waals surface area contributed by atoms with Crippen LogP contribution in [0.5, 0.6) is 0 Å². The van der Waals surface area contributed by atoms with Gasteiger partial charge in [0.05, 0.1) is 23.9 Å². The van der Waals surface area contributed by atoms with Gasteiger partial charge in [0, 0.05) is 54.6 Å². The van der Waals surface area contributed by atoms with Crippen molar-refractivity contribution in [3.63, 3.8) is 0 Å². The van der Waals surface area contributed by atoms with Gasteiger partial charge in [-0.1, -0.05) is 13.3 Å². The van der Waals surface area contributed by atoms with Gasteiger partial charge in [-0.2, -0.15) is 4.98 Å². The number of nitrogens with zero attached hydrogens (tertiary/aromatic N) is 4. The van der Waals surface area contributed by atoms with Crippen LogP contribution in [0.1, 0.15) is 85.6 Å². The molecule has 38 heavy (non-hydrogen) atoms. The fourth-order valence-electron chi connectivity index (χ4n) is 5.61. The molecule has 2 fully saturated rings. The van der Waals surface area contributed by atoms with E-state index in [1.807, 2.05) is 30.9 Å². The van der Waals surface area contributed by atoms with E-state index in [0.717, 1.165) is 87.2 Å². The number of pyridine rings is 1. The van der Waals surface area contributed by atoms with E-state index in [2.05, 4.69) is 27.5 Å². The van der Waals surface area contributed by atoms with E-state index in [1.54, 1.807) is 6.20 Å². The molecule has 0 atom stereocenters. The summed E-state index contributed by atoms with van der Waals surface area (Å²) in [6.07, 6.45) is 9.10. The number of aliphatic hydroxyl groups excluding tert-OH is 1. The maximum Gasteiger partial charge on any atom is 0.253 e. The zero-order valence-corrected chi connectivity index (χ0v) is 23.2. The Kier molecular flexibility index (Phi) is 9.80. The summed E-state index contributed by atoms with van der Waals surface area (Å²) in [6.45, 7) is 8.98. The fourth-order valence-corrected chi connectivity index (χ4v) is 5.61. The molecule has 0 radical (unpaired) electrons. The van der Waals surface area contributed by atoms with E-state index >= 15 is 0 Å². The molecule has 5 N–H and O–H groups in total. The van der Waals surface area contributed by atoms with E-state index in [-0.39, 0.29) is 17.9 Å². The molecule has 2 aromatic rings. The Hall–Kier alpha value is -2.91. The minimum Gasteiger partial charge on any atom is -0.393 e. The van der Waals surface area contributed by atoms with Crippen LogP contribution in [0.3, 0.4) is 0 Å². The lowest BCUT2D eigenvalue weighted by molar-refractivity contribution is -0.582. The number of aromatic nitrogens is 3. The van der Waals surface area contributed by atoms with Crippen LogP contribution in [0.4, 0.5) is 11.8 Å². The van der Waals surface area contributed by atoms with Crippen LogP contribution in [0.2, 0.25) is 0 Å². The van der Waals surface area contributed by atoms with Crippen LogP contribution in [0, 0.1) is 31.1 Å². The molecule has 9 heteroatoms. The van der Waals surface area contributed by atoms with E-state index in [1.165, 1.54) is 0 Å². The molecule has 1 aliphatic heterocycles. The lowest BCUT2D eigenvalue weighted by Gasteiger charge is -2.32. The van der Waals surface area contributed by atoms with Gasteiger partial charge in [0.2, 0.25) is 11.8 Å². The van der Waals surface area contributed by atoms with Gasteiger partial charge in [-0.05, 0) is 70.9 Å². The molecule has 1 saturated carbocycles. The highest BCUT2D eigenvalue weighted by Gasteiger charge is 2.30. The number of piperidine rings is 1. The summed E-state index contributed by atoms with van der Waals surface area (Å²) in [6, 6.07) is 3.71. The third kappa shape index (κ3) is 7.35. The Bertz CT molecular complexity index is 1090. The number of amides is 1. The molecule has 0 bridgehead atoms. The highest BCUT2D eigenvalue weighted by atomic mass is 16.3. The van der Waals surface area contributed by atoms with Crippen molar-refractivity contribution in [2.24, 2.45) is 11.8 Å². The highest BCUT2D eigenvalue weighted by molar-refractivity contribution is 6.02. The normalized spacial score (nSPS) is 20.4. The second-order valence-corrected chi connectivity index (χ2v) is 11.0. The number of rotatable bonds is 10. The van der Waals surface area contributed by atoms with Crippen molar-refractivity contribution in [1.82, 2.24) is 19.9 Å². The first-order chi connectivity index (χ1) is 18.3. The molecule has 0 aromatic carbocycles. The number of likely N-dealkylation sites (tertiary alicyclic amines) is 1. The number of nitrogens with two attached hydrogens (primary N) is 1. The Morgan fingerprint density at radius 2 is 1.79 bits per heavy atom. The number of carbonyl (C=O) groups excluding carboxylic acids is 1. The van der Waals surface area contributed by atoms with Gasteiger partial charge in [-0.15, -0.1) is 0 Å². The maximum absolute atomic E-state index is 13.1. The quantitative estimate of drug-likeness (QED) is 0.279. The SMILES string of the molecule is CCCCNc1ncc(C(=N)C2CCN(C(=O)c3cc(C)nc(C)c3)CC2)c([NH2+]CC2CCC(O)CC2)n1. The smallest absolute Gasteiger partial charge is 0.253 e. The summed E-state index contributed by atoms with van der Waals surface area (Å²) in [5.74, 6) is 2.10. The second-order valence-electron chi connectivity index (χ2n) is 11.0. The molecular weight excluding hydrogens is 478 g/mol. The summed E-state index contributed by atoms with van der Waals surface area (Å²) in [4.78, 5) is 28.8. The minimum atomic E-state index is -0.159. The predicted octanol–water partition coefficient (Wildman–Crippen LogP) is 3.37. The van der Waals surface area contributed by atoms with Gasteiger partial charge in [0.25, 0.3) is 5.91 Å². The number of hydrogen-bond donors (Lipinski definition) is 4. The van der Waals surface area contributed by atoms with Crippen LogP contribution in [0.25, 0.3) is 0 Å². The van der Waals surface area contributed by atoms with Crippen LogP contribution in [0.15, 0.2) is 18.3 Å². The molecule has 1 aliphatic carbocycles. The molecule has 0 unspecified atom stereocenters. The van der Waals surface area contributed by atoms with Gasteiger partial charge in [-0.3, -0.25) is 15.1 Å². The molecule has 9 nitrogen and oxygen atoms in total. The van der Waals surface area contributed by atoms with Crippen molar-refractivity contribution < 1.29 is 15.2 Å². The number of anilines is 1. The number of aliphatic hydroxyl groups is 1. The monoisotopic (exact) mass is 522 g/mol. The summed E-state index contributed by atoms with van der Waals surface area (Å²) >= 11 is 0. The number of quaternary nitrogens is 1. The average Bonchev–Trinajstić information content (AvgIpc) is 2.92. The van der Waals surface area contributed by atoms with Crippen molar-refractivity contribution in [2.45, 2.75) is 78.2 Å². The number of unbranched alkanes of at least 4 members (excludes halogenated alkanes) is 1. The minimum absolute atomic E-state index is 0.0426. The summed E-state index contributed by atoms with van der Waals surface area (Å²) in [5, 5.41) is 24.4. The van der Waals surface area contributed by atoms with Gasteiger partial charge < -0.3 is 20.7 Å². The van der Waals surface area contributed by atoms with Crippen molar-refractivity contribution in [1.29, 1.82) is 5.41 Å². The lowest BCUT2D eigenvalue weighted by atomic mass is 9.87. The molecule has 0 spiro atoms. The zero-order chi connectivity index (χ0) is 27.1. The van der Waals surface area contributed by atoms with Crippen LogP contribution in [-0.4, -0.2) is 68.9 Å². The number of aryl methyl sites for hydroxylation is 2. The van der Waals surface area contributed by atoms with Crippen molar-refractivity contribution >= 4 is 23.4 Å². The first kappa shape index (κ1) is 28.1. The molecule has 1 amide bonds. The van der Waals surface area contributed by atoms with Crippen molar-refractivity contribution in [3.05, 3.63) is 40.8 Å². The van der Waals surface area contributed by atoms with Crippen LogP contribution in [-0.2, 0) is 0 Å². The second kappa shape index (κ2) is 13.2. The third-order valence-electron chi connectivity index (χ3n) is 7.90. The molecule has 3 heterocycles. The summed E-state index contributed by atoms with van der Waals surface area (Å²) in [7, 11) is 0. The number of hydrogen-bond acceptors (Lipinski definition) is 7. The van der Waals surface area contributed by atoms with Gasteiger partial charge in [0.15, 0.2) is 0 Å². The van der Waals surface area contributed by atoms with Gasteiger partial charge >= 0.3 is 0 Å². The number of nitrogens with one attached hydrogen (secondary N) is 2. The Morgan fingerprint density at radius 3 is 2.45 bits per heavy atom. The van der Waals surface area contributed by atoms with Crippen molar-refractivity contribution in [3.8, 4) is 0 Å². The zero-order valence-electron chi connectivity index (χ0n) is 23.2. The first-order valence-corrected chi connectivity index (χ1v) is 14.3. The highest BCUT2D eigenvalue weighted by Crippen LogP contribution is 2.26. The van der Waals surface area contributed by atoms with Crippen LogP contribution < -0.4 is 10.6 Å². The topological polar surface area (TPSA) is 132 Å². The van der Waals surface area contributed by atoms with Crippen LogP contribution >= 0.6 is 0 Å². The van der Waals surface area contributed by atoms with Gasteiger partial charge in [0.1, 0.15) is 0 Å². The van der Waals surface area contributed by atoms with E-state index < -0.39 is 0 Å². The largest absolute Gasteiger partial charge is 0.393 e. The Labute approximate surface area is 226 Å². The summed E-state index contributed by atoms with van der Waals surface area (Å²) in [5.41, 5.74) is 3.76. The molecule has 1 saturated heterocycles. The van der Waals surface area contributed by atoms with E-state index in [4.69, 9.17) is 10.4 Å². The predicted molar refractivity (Wildman–Crippen MR) is 149 cm³/mol. The Balaban J connectivity index is 1.42. The van der Waals surface area contributed by atoms with E-state index in [9.17, 15) is 9.90 Å². The fraction of sp³-hybridized carbons (Fsp3) is 0.621. The maximum atomic E-state index is 13.1. The summed E-state index contributed by atoms with van der Waals surface area (Å²) < 4.78 is 0. The standard InChI is InChI=1S/C29H43N7O2/c1-4-5-12-31-29-33-18-25(27(35-29)32-17-21-6-8-24(37)9-7-21)26(30)22-10-13-36(14-11-22)28(38)23-15-19(2)34-20(3)16-23/h15-16,18,21-22,24,30,37H,4-14,17H2,1-3H3,(H2,31,32,33,35)/p+1. The van der Waals surface area contributed by atoms with Crippen molar-refractivity contribution in [2.75, 3.05) is 31.5 Å². The first-order valence-electron chi connectivity index (χ1n) is 14.3. The third-order valence-corrected chi connectivity index (χ3v) is 7.90. The lowest BCUT2D eigenvalue weighted by Crippen LogP contribution is -2.80. The molecule has 206 valence electrons. The molecule has 2 aromatic heterocycles. The molecule has 2 aliphatic rings. The molecule has 4 rings (SSSR count). The number of carbonyl (C=O) groups is 1. The van der Waals surface area contributed by atoms with Gasteiger partial charge in [-0.25, -0.2) is 4.98 Å².